The Labute approximate surface area is 77.7 Å². The van der Waals surface area contributed by atoms with Crippen molar-refractivity contribution in [3.05, 3.63) is 0 Å². The fourth-order valence-electron chi connectivity index (χ4n) is 1.60. The molecular formula is C9H18F3N. The lowest BCUT2D eigenvalue weighted by Crippen LogP contribution is -2.56. The third kappa shape index (κ3) is 2.86. The van der Waals surface area contributed by atoms with Crippen LogP contribution in [0.3, 0.4) is 0 Å². The Balaban J connectivity index is 4.64. The molecule has 13 heavy (non-hydrogen) atoms. The first-order valence-corrected chi connectivity index (χ1v) is 4.75. The van der Waals surface area contributed by atoms with Crippen LogP contribution in [0.2, 0.25) is 0 Å². The molecule has 0 aromatic carbocycles. The van der Waals surface area contributed by atoms with Crippen LogP contribution in [0.4, 0.5) is 13.2 Å². The second-order valence-corrected chi connectivity index (χ2v) is 3.21. The summed E-state index contributed by atoms with van der Waals surface area (Å²) in [5.41, 5.74) is -1.67. The normalized spacial score (nSPS) is 17.1. The molecule has 0 aliphatic carbocycles. The summed E-state index contributed by atoms with van der Waals surface area (Å²) in [5.74, 6) is 0. The fraction of sp³-hybridized carbons (Fsp3) is 1.00. The second kappa shape index (κ2) is 4.84. The number of nitrogens with one attached hydrogen (secondary N) is 1. The van der Waals surface area contributed by atoms with Crippen LogP contribution >= 0.6 is 0 Å². The lowest BCUT2D eigenvalue weighted by Gasteiger charge is -2.35. The zero-order valence-electron chi connectivity index (χ0n) is 8.46. The van der Waals surface area contributed by atoms with E-state index in [1.54, 1.807) is 20.8 Å². The molecule has 1 N–H and O–H groups in total. The second-order valence-electron chi connectivity index (χ2n) is 3.21. The van der Waals surface area contributed by atoms with Crippen LogP contribution in [0.5, 0.6) is 0 Å². The molecular weight excluding hydrogens is 179 g/mol. The average molecular weight is 197 g/mol. The molecule has 0 aliphatic rings. The molecule has 0 heterocycles. The molecule has 0 saturated heterocycles. The third-order valence-electron chi connectivity index (χ3n) is 2.34. The first-order chi connectivity index (χ1) is 5.93. The number of hydrogen-bond donors (Lipinski definition) is 1. The van der Waals surface area contributed by atoms with E-state index < -0.39 is 11.7 Å². The molecule has 0 bridgehead atoms. The molecule has 1 nitrogen and oxygen atoms in total. The van der Waals surface area contributed by atoms with Crippen LogP contribution < -0.4 is 5.32 Å². The highest BCUT2D eigenvalue weighted by atomic mass is 19.4. The van der Waals surface area contributed by atoms with Gasteiger partial charge in [0.2, 0.25) is 0 Å². The molecule has 0 saturated carbocycles. The molecule has 0 rings (SSSR count). The molecule has 1 atom stereocenters. The van der Waals surface area contributed by atoms with Gasteiger partial charge in [-0.1, -0.05) is 27.2 Å². The van der Waals surface area contributed by atoms with Crippen LogP contribution in [0.25, 0.3) is 0 Å². The Morgan fingerprint density at radius 1 is 1.08 bits per heavy atom. The summed E-state index contributed by atoms with van der Waals surface area (Å²) in [7, 11) is 0. The van der Waals surface area contributed by atoms with E-state index in [-0.39, 0.29) is 12.8 Å². The van der Waals surface area contributed by atoms with Crippen molar-refractivity contribution in [1.82, 2.24) is 5.32 Å². The minimum Gasteiger partial charge on any atom is -0.304 e. The van der Waals surface area contributed by atoms with Crippen molar-refractivity contribution in [2.24, 2.45) is 0 Å². The van der Waals surface area contributed by atoms with Crippen molar-refractivity contribution in [3.63, 3.8) is 0 Å². The fourth-order valence-corrected chi connectivity index (χ4v) is 1.60. The maximum absolute atomic E-state index is 12.7. The molecule has 0 spiro atoms. The number of alkyl halides is 3. The lowest BCUT2D eigenvalue weighted by molar-refractivity contribution is -0.200. The van der Waals surface area contributed by atoms with Crippen LogP contribution in [-0.4, -0.2) is 18.3 Å². The molecule has 0 amide bonds. The SMILES string of the molecule is CCCC(CC)(NCC)C(F)(F)F. The Hall–Kier alpha value is -0.250. The van der Waals surface area contributed by atoms with E-state index in [9.17, 15) is 13.2 Å². The molecule has 80 valence electrons. The lowest BCUT2D eigenvalue weighted by atomic mass is 9.90. The van der Waals surface area contributed by atoms with Gasteiger partial charge in [-0.2, -0.15) is 13.2 Å². The first kappa shape index (κ1) is 12.8. The van der Waals surface area contributed by atoms with Gasteiger partial charge in [0.05, 0.1) is 0 Å². The third-order valence-corrected chi connectivity index (χ3v) is 2.34. The molecule has 0 aliphatic heterocycles. The largest absolute Gasteiger partial charge is 0.406 e. The summed E-state index contributed by atoms with van der Waals surface area (Å²) in [4.78, 5) is 0. The number of halogens is 3. The summed E-state index contributed by atoms with van der Waals surface area (Å²) in [6.45, 7) is 5.40. The molecule has 0 aromatic rings. The zero-order valence-corrected chi connectivity index (χ0v) is 8.46. The van der Waals surface area contributed by atoms with Crippen LogP contribution in [0.1, 0.15) is 40.0 Å². The summed E-state index contributed by atoms with van der Waals surface area (Å²) in [6.07, 6.45) is -3.35. The van der Waals surface area contributed by atoms with Gasteiger partial charge in [0, 0.05) is 0 Å². The Morgan fingerprint density at radius 3 is 1.85 bits per heavy atom. The quantitative estimate of drug-likeness (QED) is 0.714. The summed E-state index contributed by atoms with van der Waals surface area (Å²) < 4.78 is 38.1. The van der Waals surface area contributed by atoms with Gasteiger partial charge in [0.25, 0.3) is 0 Å². The summed E-state index contributed by atoms with van der Waals surface area (Å²) >= 11 is 0. The minimum atomic E-state index is -4.15. The van der Waals surface area contributed by atoms with Gasteiger partial charge in [0.1, 0.15) is 5.54 Å². The molecule has 4 heteroatoms. The van der Waals surface area contributed by atoms with Gasteiger partial charge in [-0.15, -0.1) is 0 Å². The van der Waals surface area contributed by atoms with E-state index in [1.165, 1.54) is 0 Å². The van der Waals surface area contributed by atoms with E-state index in [0.717, 1.165) is 0 Å². The topological polar surface area (TPSA) is 12.0 Å². The maximum atomic E-state index is 12.7. The molecule has 1 unspecified atom stereocenters. The number of rotatable bonds is 5. The van der Waals surface area contributed by atoms with Gasteiger partial charge in [-0.25, -0.2) is 0 Å². The average Bonchev–Trinajstić information content (AvgIpc) is 2.02. The van der Waals surface area contributed by atoms with Crippen molar-refractivity contribution < 1.29 is 13.2 Å². The first-order valence-electron chi connectivity index (χ1n) is 4.75. The van der Waals surface area contributed by atoms with Crippen LogP contribution in [0.15, 0.2) is 0 Å². The smallest absolute Gasteiger partial charge is 0.304 e. The summed E-state index contributed by atoms with van der Waals surface area (Å²) in [5, 5.41) is 2.56. The maximum Gasteiger partial charge on any atom is 0.406 e. The number of hydrogen-bond acceptors (Lipinski definition) is 1. The van der Waals surface area contributed by atoms with Crippen molar-refractivity contribution in [3.8, 4) is 0 Å². The van der Waals surface area contributed by atoms with E-state index in [4.69, 9.17) is 0 Å². The highest BCUT2D eigenvalue weighted by Gasteiger charge is 2.51. The Bertz CT molecular complexity index is 136. The van der Waals surface area contributed by atoms with Gasteiger partial charge in [-0.3, -0.25) is 0 Å². The zero-order chi connectivity index (χ0) is 10.5. The van der Waals surface area contributed by atoms with Crippen molar-refractivity contribution in [2.45, 2.75) is 51.7 Å². The predicted octanol–water partition coefficient (Wildman–Crippen LogP) is 3.11. The van der Waals surface area contributed by atoms with Crippen molar-refractivity contribution in [1.29, 1.82) is 0 Å². The van der Waals surface area contributed by atoms with E-state index in [1.807, 2.05) is 0 Å². The van der Waals surface area contributed by atoms with Gasteiger partial charge < -0.3 is 5.32 Å². The standard InChI is InChI=1S/C9H18F3N/c1-4-7-8(5-2,13-6-3)9(10,11)12/h13H,4-7H2,1-3H3. The van der Waals surface area contributed by atoms with Gasteiger partial charge in [0.15, 0.2) is 0 Å². The Morgan fingerprint density at radius 2 is 1.62 bits per heavy atom. The van der Waals surface area contributed by atoms with Crippen molar-refractivity contribution in [2.75, 3.05) is 6.54 Å². The van der Waals surface area contributed by atoms with Gasteiger partial charge in [-0.05, 0) is 19.4 Å². The predicted molar refractivity (Wildman–Crippen MR) is 47.7 cm³/mol. The Kier molecular flexibility index (Phi) is 4.75. The van der Waals surface area contributed by atoms with E-state index in [2.05, 4.69) is 5.32 Å². The van der Waals surface area contributed by atoms with E-state index in [0.29, 0.717) is 13.0 Å². The van der Waals surface area contributed by atoms with Crippen molar-refractivity contribution >= 4 is 0 Å². The summed E-state index contributed by atoms with van der Waals surface area (Å²) in [6, 6.07) is 0. The van der Waals surface area contributed by atoms with E-state index >= 15 is 0 Å². The van der Waals surface area contributed by atoms with Crippen LogP contribution in [-0.2, 0) is 0 Å². The molecule has 0 radical (unpaired) electrons. The minimum absolute atomic E-state index is 0.0954. The highest BCUT2D eigenvalue weighted by molar-refractivity contribution is 4.93. The van der Waals surface area contributed by atoms with Gasteiger partial charge >= 0.3 is 6.18 Å². The monoisotopic (exact) mass is 197 g/mol. The highest BCUT2D eigenvalue weighted by Crippen LogP contribution is 2.36. The van der Waals surface area contributed by atoms with Crippen LogP contribution in [0, 0.1) is 0 Å². The molecule has 0 aromatic heterocycles. The molecule has 0 fully saturated rings.